The molecule has 1 aliphatic carbocycles. The second kappa shape index (κ2) is 4.75. The number of hydrogen-bond acceptors (Lipinski definition) is 4. The second-order valence-electron chi connectivity index (χ2n) is 4.97. The minimum atomic E-state index is 0.278. The number of aryl methyl sites for hydroxylation is 1. The van der Waals surface area contributed by atoms with Gasteiger partial charge in [-0.15, -0.1) is 0 Å². The van der Waals surface area contributed by atoms with Crippen molar-refractivity contribution in [1.29, 1.82) is 0 Å². The van der Waals surface area contributed by atoms with E-state index in [1.165, 1.54) is 6.42 Å². The Morgan fingerprint density at radius 1 is 1.44 bits per heavy atom. The normalized spacial score (nSPS) is 35.2. The average Bonchev–Trinajstić information content (AvgIpc) is 2.57. The van der Waals surface area contributed by atoms with Gasteiger partial charge in [0.05, 0.1) is 0 Å². The zero-order valence-corrected chi connectivity index (χ0v) is 10.9. The van der Waals surface area contributed by atoms with E-state index in [9.17, 15) is 0 Å². The summed E-state index contributed by atoms with van der Waals surface area (Å²) in [5.41, 5.74) is 6.25. The summed E-state index contributed by atoms with van der Waals surface area (Å²) in [6.07, 6.45) is 3.99. The molecule has 1 aliphatic rings. The van der Waals surface area contributed by atoms with Crippen molar-refractivity contribution >= 4 is 11.8 Å². The van der Waals surface area contributed by atoms with E-state index in [4.69, 9.17) is 5.73 Å². The van der Waals surface area contributed by atoms with Crippen molar-refractivity contribution in [1.82, 2.24) is 14.8 Å². The van der Waals surface area contributed by atoms with Crippen LogP contribution in [0, 0.1) is 11.8 Å². The molecule has 0 saturated heterocycles. The van der Waals surface area contributed by atoms with Crippen LogP contribution in [0.1, 0.15) is 26.7 Å². The number of nitrogens with zero attached hydrogens (tertiary/aromatic N) is 3. The van der Waals surface area contributed by atoms with E-state index in [2.05, 4.69) is 23.9 Å². The van der Waals surface area contributed by atoms with E-state index in [1.54, 1.807) is 18.1 Å². The fourth-order valence-electron chi connectivity index (χ4n) is 2.60. The summed E-state index contributed by atoms with van der Waals surface area (Å²) in [4.78, 5) is 4.26. The molecule has 1 aromatic heterocycles. The summed E-state index contributed by atoms with van der Waals surface area (Å²) >= 11 is 1.78. The summed E-state index contributed by atoms with van der Waals surface area (Å²) in [7, 11) is 1.93. The molecule has 5 heteroatoms. The van der Waals surface area contributed by atoms with E-state index < -0.39 is 0 Å². The van der Waals surface area contributed by atoms with E-state index in [0.717, 1.165) is 17.5 Å². The minimum absolute atomic E-state index is 0.278. The van der Waals surface area contributed by atoms with Crippen LogP contribution in [0.15, 0.2) is 11.5 Å². The Morgan fingerprint density at radius 2 is 2.19 bits per heavy atom. The molecule has 0 aliphatic heterocycles. The first-order valence-electron chi connectivity index (χ1n) is 5.84. The molecule has 4 unspecified atom stereocenters. The van der Waals surface area contributed by atoms with E-state index >= 15 is 0 Å². The Labute approximate surface area is 101 Å². The monoisotopic (exact) mass is 240 g/mol. The molecule has 0 radical (unpaired) electrons. The third-order valence-corrected chi connectivity index (χ3v) is 5.01. The Morgan fingerprint density at radius 3 is 2.75 bits per heavy atom. The molecule has 1 aromatic rings. The van der Waals surface area contributed by atoms with Crippen LogP contribution in [0.25, 0.3) is 0 Å². The lowest BCUT2D eigenvalue weighted by Crippen LogP contribution is -2.43. The van der Waals surface area contributed by atoms with Crippen LogP contribution >= 0.6 is 11.8 Å². The first-order valence-corrected chi connectivity index (χ1v) is 6.72. The molecule has 4 nitrogen and oxygen atoms in total. The van der Waals surface area contributed by atoms with Gasteiger partial charge in [0, 0.05) is 18.3 Å². The smallest absolute Gasteiger partial charge is 0.186 e. The standard InChI is InChI=1S/C11H20N4S/c1-7-4-8(2)10(9(12)5-7)16-11-13-6-14-15(11)3/h6-10H,4-5,12H2,1-3H3. The highest BCUT2D eigenvalue weighted by Gasteiger charge is 2.33. The van der Waals surface area contributed by atoms with E-state index in [1.807, 2.05) is 11.7 Å². The van der Waals surface area contributed by atoms with Gasteiger partial charge in [-0.1, -0.05) is 25.6 Å². The molecule has 90 valence electrons. The lowest BCUT2D eigenvalue weighted by molar-refractivity contribution is 0.279. The van der Waals surface area contributed by atoms with Crippen molar-refractivity contribution in [2.45, 2.75) is 43.1 Å². The van der Waals surface area contributed by atoms with Crippen LogP contribution in [-0.2, 0) is 7.05 Å². The number of rotatable bonds is 2. The third kappa shape index (κ3) is 2.40. The fourth-order valence-corrected chi connectivity index (χ4v) is 3.78. The molecule has 0 aromatic carbocycles. The maximum atomic E-state index is 6.25. The van der Waals surface area contributed by atoms with Gasteiger partial charge in [0.15, 0.2) is 5.16 Å². The summed E-state index contributed by atoms with van der Waals surface area (Å²) < 4.78 is 1.82. The number of hydrogen-bond donors (Lipinski definition) is 1. The zero-order chi connectivity index (χ0) is 11.7. The van der Waals surface area contributed by atoms with Crippen molar-refractivity contribution in [3.8, 4) is 0 Å². The third-order valence-electron chi connectivity index (χ3n) is 3.34. The van der Waals surface area contributed by atoms with Crippen molar-refractivity contribution in [3.05, 3.63) is 6.33 Å². The molecule has 1 saturated carbocycles. The van der Waals surface area contributed by atoms with Gasteiger partial charge in [-0.3, -0.25) is 0 Å². The van der Waals surface area contributed by atoms with Crippen molar-refractivity contribution < 1.29 is 0 Å². The first-order chi connectivity index (χ1) is 7.58. The van der Waals surface area contributed by atoms with Crippen molar-refractivity contribution in [3.63, 3.8) is 0 Å². The van der Waals surface area contributed by atoms with Crippen LogP contribution < -0.4 is 5.73 Å². The Kier molecular flexibility index (Phi) is 3.54. The molecule has 4 atom stereocenters. The molecular weight excluding hydrogens is 220 g/mol. The Balaban J connectivity index is 2.06. The van der Waals surface area contributed by atoms with Crippen molar-refractivity contribution in [2.75, 3.05) is 0 Å². The van der Waals surface area contributed by atoms with Gasteiger partial charge in [-0.2, -0.15) is 5.10 Å². The predicted molar refractivity (Wildman–Crippen MR) is 66.2 cm³/mol. The maximum Gasteiger partial charge on any atom is 0.186 e. The fraction of sp³-hybridized carbons (Fsp3) is 0.818. The van der Waals surface area contributed by atoms with Crippen LogP contribution in [-0.4, -0.2) is 26.1 Å². The summed E-state index contributed by atoms with van der Waals surface area (Å²) in [5.74, 6) is 1.40. The topological polar surface area (TPSA) is 56.7 Å². The minimum Gasteiger partial charge on any atom is -0.327 e. The Hall–Kier alpha value is -0.550. The molecular formula is C11H20N4S. The molecule has 2 rings (SSSR count). The van der Waals surface area contributed by atoms with Gasteiger partial charge in [0.25, 0.3) is 0 Å². The quantitative estimate of drug-likeness (QED) is 0.854. The molecule has 16 heavy (non-hydrogen) atoms. The van der Waals surface area contributed by atoms with E-state index in [0.29, 0.717) is 11.2 Å². The van der Waals surface area contributed by atoms with Gasteiger partial charge < -0.3 is 5.73 Å². The molecule has 1 fully saturated rings. The number of nitrogens with two attached hydrogens (primary N) is 1. The van der Waals surface area contributed by atoms with Crippen LogP contribution in [0.3, 0.4) is 0 Å². The highest BCUT2D eigenvalue weighted by atomic mass is 32.2. The molecule has 0 bridgehead atoms. The molecule has 1 heterocycles. The van der Waals surface area contributed by atoms with E-state index in [-0.39, 0.29) is 6.04 Å². The Bertz CT molecular complexity index is 340. The SMILES string of the molecule is CC1CC(C)C(Sc2ncnn2C)C(N)C1. The van der Waals surface area contributed by atoms with Gasteiger partial charge in [0.1, 0.15) is 6.33 Å². The summed E-state index contributed by atoms with van der Waals surface area (Å²) in [6.45, 7) is 4.59. The summed E-state index contributed by atoms with van der Waals surface area (Å²) in [6, 6.07) is 0.278. The number of thioether (sulfide) groups is 1. The maximum absolute atomic E-state index is 6.25. The number of aromatic nitrogens is 3. The van der Waals surface area contributed by atoms with Crippen LogP contribution in [0.2, 0.25) is 0 Å². The van der Waals surface area contributed by atoms with Crippen molar-refractivity contribution in [2.24, 2.45) is 24.6 Å². The average molecular weight is 240 g/mol. The zero-order valence-electron chi connectivity index (χ0n) is 10.1. The second-order valence-corrected chi connectivity index (χ2v) is 6.11. The lowest BCUT2D eigenvalue weighted by atomic mass is 9.80. The van der Waals surface area contributed by atoms with Gasteiger partial charge in [0.2, 0.25) is 0 Å². The van der Waals surface area contributed by atoms with Crippen LogP contribution in [0.4, 0.5) is 0 Å². The van der Waals surface area contributed by atoms with Gasteiger partial charge in [-0.25, -0.2) is 9.67 Å². The molecule has 0 spiro atoms. The molecule has 0 amide bonds. The largest absolute Gasteiger partial charge is 0.327 e. The predicted octanol–water partition coefficient (Wildman–Crippen LogP) is 1.67. The van der Waals surface area contributed by atoms with Crippen LogP contribution in [0.5, 0.6) is 0 Å². The highest BCUT2D eigenvalue weighted by molar-refractivity contribution is 7.99. The highest BCUT2D eigenvalue weighted by Crippen LogP contribution is 2.37. The molecule has 2 N–H and O–H groups in total. The first kappa shape index (κ1) is 11.9. The summed E-state index contributed by atoms with van der Waals surface area (Å²) in [5, 5.41) is 5.54. The van der Waals surface area contributed by atoms with Gasteiger partial charge >= 0.3 is 0 Å². The lowest BCUT2D eigenvalue weighted by Gasteiger charge is -2.36. The van der Waals surface area contributed by atoms with Gasteiger partial charge in [-0.05, 0) is 24.7 Å².